The summed E-state index contributed by atoms with van der Waals surface area (Å²) < 4.78 is 15.3. The molecule has 0 unspecified atom stereocenters. The Bertz CT molecular complexity index is 1210. The summed E-state index contributed by atoms with van der Waals surface area (Å²) in [5.74, 6) is -0.337. The first-order chi connectivity index (χ1) is 16.3. The van der Waals surface area contributed by atoms with E-state index in [0.717, 1.165) is 51.9 Å². The second-order valence-corrected chi connectivity index (χ2v) is 9.14. The zero-order valence-electron chi connectivity index (χ0n) is 20.3. The van der Waals surface area contributed by atoms with Crippen molar-refractivity contribution < 1.29 is 9.18 Å². The first-order valence-corrected chi connectivity index (χ1v) is 11.7. The van der Waals surface area contributed by atoms with Crippen LogP contribution in [0.2, 0.25) is 0 Å². The Balaban J connectivity index is 1.66. The molecular formula is C26H31FN6O. The molecule has 8 heteroatoms. The zero-order chi connectivity index (χ0) is 24.4. The summed E-state index contributed by atoms with van der Waals surface area (Å²) >= 11 is 0. The fourth-order valence-corrected chi connectivity index (χ4v) is 4.78. The van der Waals surface area contributed by atoms with Gasteiger partial charge in [-0.25, -0.2) is 9.49 Å². The average Bonchev–Trinajstić information content (AvgIpc) is 3.51. The maximum absolute atomic E-state index is 15.3. The molecule has 4 rings (SSSR count). The van der Waals surface area contributed by atoms with Crippen LogP contribution in [0.1, 0.15) is 60.4 Å². The summed E-state index contributed by atoms with van der Waals surface area (Å²) in [5.41, 5.74) is 7.84. The third-order valence-electron chi connectivity index (χ3n) is 6.94. The number of rotatable bonds is 6. The van der Waals surface area contributed by atoms with Crippen LogP contribution in [0.15, 0.2) is 23.8 Å². The number of tetrazole rings is 1. The number of nitrogens with one attached hydrogen (secondary N) is 3. The van der Waals surface area contributed by atoms with E-state index in [9.17, 15) is 4.79 Å². The predicted molar refractivity (Wildman–Crippen MR) is 133 cm³/mol. The fourth-order valence-electron chi connectivity index (χ4n) is 4.78. The highest BCUT2D eigenvalue weighted by Crippen LogP contribution is 2.37. The number of hydrogen-bond acceptors (Lipinski definition) is 5. The Morgan fingerprint density at radius 2 is 1.76 bits per heavy atom. The molecule has 1 aliphatic rings. The number of halogens is 1. The van der Waals surface area contributed by atoms with Gasteiger partial charge in [0.05, 0.1) is 0 Å². The lowest BCUT2D eigenvalue weighted by molar-refractivity contribution is -0.112. The van der Waals surface area contributed by atoms with Crippen molar-refractivity contribution in [1.29, 1.82) is 0 Å². The van der Waals surface area contributed by atoms with Crippen LogP contribution in [-0.4, -0.2) is 32.6 Å². The molecule has 1 heterocycles. The standard InChI is InChI=1S/C26H31FN6O/c1-14(25(34)29-26-30-32-33-31-26)12-22-15(2)17(4)24(18(5)16(22)3)21-11-10-20(13-23(21)27)28-19-8-6-7-9-19/h10-13,19,28H,6-9H2,1-5H3,(H2,29,30,31,32,33,34)/b14-12+. The fraction of sp³-hybridized carbons (Fsp3) is 0.385. The number of aromatic nitrogens is 4. The van der Waals surface area contributed by atoms with Gasteiger partial charge in [-0.05, 0) is 116 Å². The third kappa shape index (κ3) is 4.71. The maximum Gasteiger partial charge on any atom is 0.253 e. The van der Waals surface area contributed by atoms with Crippen LogP contribution >= 0.6 is 0 Å². The van der Waals surface area contributed by atoms with Gasteiger partial charge in [-0.15, -0.1) is 0 Å². The summed E-state index contributed by atoms with van der Waals surface area (Å²) in [5, 5.41) is 19.2. The Hall–Kier alpha value is -3.55. The molecule has 0 radical (unpaired) electrons. The van der Waals surface area contributed by atoms with Gasteiger partial charge >= 0.3 is 0 Å². The Morgan fingerprint density at radius 1 is 1.09 bits per heavy atom. The first kappa shape index (κ1) is 23.6. The Morgan fingerprint density at radius 3 is 2.35 bits per heavy atom. The lowest BCUT2D eigenvalue weighted by Crippen LogP contribution is -2.14. The van der Waals surface area contributed by atoms with Crippen LogP contribution in [-0.2, 0) is 4.79 Å². The largest absolute Gasteiger partial charge is 0.382 e. The zero-order valence-corrected chi connectivity index (χ0v) is 20.3. The van der Waals surface area contributed by atoms with Crippen molar-refractivity contribution in [3.05, 3.63) is 57.4 Å². The molecule has 0 aliphatic heterocycles. The van der Waals surface area contributed by atoms with E-state index in [0.29, 0.717) is 17.2 Å². The number of benzene rings is 2. The second kappa shape index (κ2) is 9.75. The molecule has 1 amide bonds. The van der Waals surface area contributed by atoms with Crippen molar-refractivity contribution in [1.82, 2.24) is 20.6 Å². The Labute approximate surface area is 199 Å². The number of carbonyl (C=O) groups is 1. The number of anilines is 2. The molecule has 3 N–H and O–H groups in total. The molecule has 34 heavy (non-hydrogen) atoms. The summed E-state index contributed by atoms with van der Waals surface area (Å²) in [4.78, 5) is 12.5. The Kier molecular flexibility index (Phi) is 6.77. The van der Waals surface area contributed by atoms with E-state index in [1.165, 1.54) is 12.8 Å². The summed E-state index contributed by atoms with van der Waals surface area (Å²) in [6, 6.07) is 5.89. The smallest absolute Gasteiger partial charge is 0.253 e. The highest BCUT2D eigenvalue weighted by atomic mass is 19.1. The van der Waals surface area contributed by atoms with Crippen LogP contribution in [0, 0.1) is 33.5 Å². The minimum atomic E-state index is -0.298. The predicted octanol–water partition coefficient (Wildman–Crippen LogP) is 5.64. The maximum atomic E-state index is 15.3. The number of hydrogen-bond donors (Lipinski definition) is 3. The van der Waals surface area contributed by atoms with Gasteiger partial charge < -0.3 is 5.32 Å². The first-order valence-electron chi connectivity index (χ1n) is 11.7. The molecule has 1 saturated carbocycles. The second-order valence-electron chi connectivity index (χ2n) is 9.14. The molecular weight excluding hydrogens is 431 g/mol. The van der Waals surface area contributed by atoms with E-state index in [-0.39, 0.29) is 17.7 Å². The number of aromatic amines is 1. The summed E-state index contributed by atoms with van der Waals surface area (Å²) in [6.07, 6.45) is 6.60. The number of amides is 1. The third-order valence-corrected chi connectivity index (χ3v) is 6.94. The number of nitrogens with zero attached hydrogens (tertiary/aromatic N) is 3. The van der Waals surface area contributed by atoms with Gasteiger partial charge in [0.2, 0.25) is 5.95 Å². The normalized spacial score (nSPS) is 14.5. The number of carbonyl (C=O) groups excluding carboxylic acids is 1. The van der Waals surface area contributed by atoms with Gasteiger partial charge in [-0.3, -0.25) is 10.1 Å². The lowest BCUT2D eigenvalue weighted by atomic mass is 9.85. The molecule has 1 aromatic heterocycles. The van der Waals surface area contributed by atoms with E-state index < -0.39 is 0 Å². The van der Waals surface area contributed by atoms with Crippen LogP contribution in [0.25, 0.3) is 17.2 Å². The highest BCUT2D eigenvalue weighted by molar-refractivity contribution is 6.05. The topological polar surface area (TPSA) is 95.6 Å². The molecule has 0 atom stereocenters. The van der Waals surface area contributed by atoms with E-state index >= 15 is 4.39 Å². The lowest BCUT2D eigenvalue weighted by Gasteiger charge is -2.21. The average molecular weight is 463 g/mol. The SMILES string of the molecule is C/C(=C\c1c(C)c(C)c(-c2ccc(NC3CCCC3)cc2F)c(C)c1C)C(=O)Nc1nnn[nH]1. The summed E-state index contributed by atoms with van der Waals surface area (Å²) in [7, 11) is 0. The minimum absolute atomic E-state index is 0.190. The van der Waals surface area contributed by atoms with Crippen molar-refractivity contribution in [2.75, 3.05) is 10.6 Å². The van der Waals surface area contributed by atoms with Crippen molar-refractivity contribution in [2.24, 2.45) is 0 Å². The molecule has 1 aliphatic carbocycles. The highest BCUT2D eigenvalue weighted by Gasteiger charge is 2.20. The van der Waals surface area contributed by atoms with E-state index in [1.807, 2.05) is 45.9 Å². The van der Waals surface area contributed by atoms with Gasteiger partial charge in [0.15, 0.2) is 0 Å². The number of H-pyrrole nitrogens is 1. The van der Waals surface area contributed by atoms with Gasteiger partial charge in [0, 0.05) is 22.9 Å². The molecule has 0 bridgehead atoms. The molecule has 0 spiro atoms. The quantitative estimate of drug-likeness (QED) is 0.412. The van der Waals surface area contributed by atoms with E-state index in [4.69, 9.17) is 0 Å². The molecule has 0 saturated heterocycles. The molecule has 7 nitrogen and oxygen atoms in total. The monoisotopic (exact) mass is 462 g/mol. The van der Waals surface area contributed by atoms with Gasteiger partial charge in [-0.2, -0.15) is 0 Å². The molecule has 2 aromatic carbocycles. The molecule has 3 aromatic rings. The van der Waals surface area contributed by atoms with Gasteiger partial charge in [-0.1, -0.05) is 17.9 Å². The van der Waals surface area contributed by atoms with Crippen molar-refractivity contribution in [2.45, 2.75) is 66.3 Å². The molecule has 178 valence electrons. The van der Waals surface area contributed by atoms with Crippen LogP contribution in [0.5, 0.6) is 0 Å². The molecule has 1 fully saturated rings. The van der Waals surface area contributed by atoms with Crippen LogP contribution in [0.3, 0.4) is 0 Å². The van der Waals surface area contributed by atoms with E-state index in [2.05, 4.69) is 31.3 Å². The summed E-state index contributed by atoms with van der Waals surface area (Å²) in [6.45, 7) is 9.78. The van der Waals surface area contributed by atoms with Crippen molar-refractivity contribution in [3.8, 4) is 11.1 Å². The minimum Gasteiger partial charge on any atom is -0.382 e. The van der Waals surface area contributed by atoms with Gasteiger partial charge in [0.1, 0.15) is 5.82 Å². The van der Waals surface area contributed by atoms with E-state index in [1.54, 1.807) is 13.0 Å². The van der Waals surface area contributed by atoms with Gasteiger partial charge in [0.25, 0.3) is 5.91 Å². The van der Waals surface area contributed by atoms with Crippen LogP contribution < -0.4 is 10.6 Å². The van der Waals surface area contributed by atoms with Crippen LogP contribution in [0.4, 0.5) is 16.0 Å². The van der Waals surface area contributed by atoms with Crippen molar-refractivity contribution in [3.63, 3.8) is 0 Å². The van der Waals surface area contributed by atoms with Crippen molar-refractivity contribution >= 4 is 23.6 Å².